The van der Waals surface area contributed by atoms with Gasteiger partial charge in [-0.25, -0.2) is 4.79 Å². The molecule has 0 unspecified atom stereocenters. The summed E-state index contributed by atoms with van der Waals surface area (Å²) in [5.41, 5.74) is 0.599. The molecule has 0 bridgehead atoms. The standard InChI is InChI=1S/C18H24N2O4/c1-17(2,3)24-16(23)19-8-9-20(18(12-19)6-7-18)14-5-4-13(11-21)15(22)10-14/h4-5,10-11,22H,6-9,12H2,1-3H3. The van der Waals surface area contributed by atoms with Crippen molar-refractivity contribution in [1.82, 2.24) is 4.90 Å². The van der Waals surface area contributed by atoms with E-state index in [1.807, 2.05) is 26.8 Å². The second-order valence-corrected chi connectivity index (χ2v) is 7.64. The van der Waals surface area contributed by atoms with Crippen molar-refractivity contribution >= 4 is 18.1 Å². The van der Waals surface area contributed by atoms with Gasteiger partial charge in [0.15, 0.2) is 6.29 Å². The number of carbonyl (C=O) groups is 2. The van der Waals surface area contributed by atoms with E-state index in [0.717, 1.165) is 18.5 Å². The molecule has 24 heavy (non-hydrogen) atoms. The molecule has 6 heteroatoms. The minimum atomic E-state index is -0.499. The smallest absolute Gasteiger partial charge is 0.410 e. The minimum Gasteiger partial charge on any atom is -0.507 e. The highest BCUT2D eigenvalue weighted by Gasteiger charge is 2.52. The van der Waals surface area contributed by atoms with E-state index in [0.29, 0.717) is 25.9 Å². The first kappa shape index (κ1) is 16.6. The Labute approximate surface area is 142 Å². The number of aldehydes is 1. The molecule has 1 aliphatic carbocycles. The summed E-state index contributed by atoms with van der Waals surface area (Å²) in [7, 11) is 0. The van der Waals surface area contributed by atoms with E-state index in [-0.39, 0.29) is 22.9 Å². The number of piperazine rings is 1. The van der Waals surface area contributed by atoms with E-state index < -0.39 is 5.60 Å². The molecule has 1 aromatic carbocycles. The third kappa shape index (κ3) is 3.18. The van der Waals surface area contributed by atoms with E-state index in [4.69, 9.17) is 4.74 Å². The predicted molar refractivity (Wildman–Crippen MR) is 90.6 cm³/mol. The number of benzene rings is 1. The SMILES string of the molecule is CC(C)(C)OC(=O)N1CCN(c2ccc(C=O)c(O)c2)C2(CC2)C1. The van der Waals surface area contributed by atoms with Gasteiger partial charge in [-0.15, -0.1) is 0 Å². The maximum Gasteiger partial charge on any atom is 0.410 e. The van der Waals surface area contributed by atoms with Crippen molar-refractivity contribution in [2.45, 2.75) is 44.8 Å². The van der Waals surface area contributed by atoms with Gasteiger partial charge in [-0.3, -0.25) is 4.79 Å². The molecule has 1 heterocycles. The van der Waals surface area contributed by atoms with E-state index >= 15 is 0 Å². The number of carbonyl (C=O) groups excluding carboxylic acids is 2. The average Bonchev–Trinajstić information content (AvgIpc) is 3.25. The summed E-state index contributed by atoms with van der Waals surface area (Å²) in [6, 6.07) is 5.12. The highest BCUT2D eigenvalue weighted by molar-refractivity contribution is 5.80. The van der Waals surface area contributed by atoms with Crippen molar-refractivity contribution < 1.29 is 19.4 Å². The molecule has 130 valence electrons. The fourth-order valence-electron chi connectivity index (χ4n) is 3.23. The van der Waals surface area contributed by atoms with Gasteiger partial charge >= 0.3 is 6.09 Å². The van der Waals surface area contributed by atoms with E-state index in [9.17, 15) is 14.7 Å². The normalized spacial score (nSPS) is 19.3. The maximum absolute atomic E-state index is 12.3. The summed E-state index contributed by atoms with van der Waals surface area (Å²) in [5, 5.41) is 9.94. The molecule has 1 aliphatic heterocycles. The van der Waals surface area contributed by atoms with Crippen LogP contribution in [0.3, 0.4) is 0 Å². The second-order valence-electron chi connectivity index (χ2n) is 7.64. The van der Waals surface area contributed by atoms with Crippen molar-refractivity contribution in [2.75, 3.05) is 24.5 Å². The van der Waals surface area contributed by atoms with Crippen LogP contribution in [0.1, 0.15) is 44.0 Å². The van der Waals surface area contributed by atoms with E-state index in [2.05, 4.69) is 4.90 Å². The molecule has 2 aliphatic rings. The highest BCUT2D eigenvalue weighted by Crippen LogP contribution is 2.47. The quantitative estimate of drug-likeness (QED) is 0.843. The Morgan fingerprint density at radius 1 is 1.29 bits per heavy atom. The zero-order valence-electron chi connectivity index (χ0n) is 14.4. The van der Waals surface area contributed by atoms with Crippen LogP contribution in [-0.2, 0) is 4.74 Å². The fraction of sp³-hybridized carbons (Fsp3) is 0.556. The number of hydrogen-bond donors (Lipinski definition) is 1. The average molecular weight is 332 g/mol. The molecule has 0 aromatic heterocycles. The van der Waals surface area contributed by atoms with Crippen LogP contribution in [0.15, 0.2) is 18.2 Å². The van der Waals surface area contributed by atoms with Crippen molar-refractivity contribution in [1.29, 1.82) is 0 Å². The highest BCUT2D eigenvalue weighted by atomic mass is 16.6. The molecular formula is C18H24N2O4. The summed E-state index contributed by atoms with van der Waals surface area (Å²) < 4.78 is 5.48. The van der Waals surface area contributed by atoms with Crippen LogP contribution in [0.25, 0.3) is 0 Å². The van der Waals surface area contributed by atoms with Crippen LogP contribution >= 0.6 is 0 Å². The first-order valence-electron chi connectivity index (χ1n) is 8.28. The summed E-state index contributed by atoms with van der Waals surface area (Å²) in [5.74, 6) is -0.00660. The monoisotopic (exact) mass is 332 g/mol. The third-order valence-corrected chi connectivity index (χ3v) is 4.58. The lowest BCUT2D eigenvalue weighted by molar-refractivity contribution is 0.0205. The number of amides is 1. The van der Waals surface area contributed by atoms with Gasteiger partial charge in [0, 0.05) is 31.4 Å². The Bertz CT molecular complexity index is 661. The molecule has 1 aromatic rings. The van der Waals surface area contributed by atoms with Gasteiger partial charge in [0.25, 0.3) is 0 Å². The number of anilines is 1. The number of phenols is 1. The third-order valence-electron chi connectivity index (χ3n) is 4.58. The number of aromatic hydroxyl groups is 1. The number of nitrogens with zero attached hydrogens (tertiary/aromatic N) is 2. The Balaban J connectivity index is 1.75. The van der Waals surface area contributed by atoms with Crippen molar-refractivity contribution in [2.24, 2.45) is 0 Å². The van der Waals surface area contributed by atoms with Gasteiger partial charge in [0.05, 0.1) is 11.1 Å². The van der Waals surface area contributed by atoms with Crippen LogP contribution in [0, 0.1) is 0 Å². The number of hydrogen-bond acceptors (Lipinski definition) is 5. The molecule has 1 saturated carbocycles. The fourth-order valence-corrected chi connectivity index (χ4v) is 3.23. The van der Waals surface area contributed by atoms with Gasteiger partial charge in [-0.2, -0.15) is 0 Å². The number of ether oxygens (including phenoxy) is 1. The van der Waals surface area contributed by atoms with Crippen LogP contribution in [0.5, 0.6) is 5.75 Å². The van der Waals surface area contributed by atoms with Crippen molar-refractivity contribution in [3.8, 4) is 5.75 Å². The first-order valence-corrected chi connectivity index (χ1v) is 8.28. The summed E-state index contributed by atoms with van der Waals surface area (Å²) in [6.45, 7) is 7.48. The molecule has 0 atom stereocenters. The molecule has 1 amide bonds. The summed E-state index contributed by atoms with van der Waals surface area (Å²) >= 11 is 0. The van der Waals surface area contributed by atoms with Gasteiger partial charge in [-0.1, -0.05) is 0 Å². The lowest BCUT2D eigenvalue weighted by atomic mass is 10.1. The van der Waals surface area contributed by atoms with Crippen molar-refractivity contribution in [3.05, 3.63) is 23.8 Å². The Hall–Kier alpha value is -2.24. The maximum atomic E-state index is 12.3. The zero-order chi connectivity index (χ0) is 17.5. The molecule has 1 spiro atoms. The topological polar surface area (TPSA) is 70.1 Å². The van der Waals surface area contributed by atoms with Crippen LogP contribution < -0.4 is 4.90 Å². The lowest BCUT2D eigenvalue weighted by Gasteiger charge is -2.43. The van der Waals surface area contributed by atoms with Gasteiger partial charge in [0.1, 0.15) is 11.4 Å². The number of rotatable bonds is 2. The molecule has 1 saturated heterocycles. The Morgan fingerprint density at radius 3 is 2.54 bits per heavy atom. The molecule has 2 fully saturated rings. The largest absolute Gasteiger partial charge is 0.507 e. The number of phenolic OH excluding ortho intramolecular Hbond substituents is 1. The van der Waals surface area contributed by atoms with Gasteiger partial charge in [0.2, 0.25) is 0 Å². The van der Waals surface area contributed by atoms with Crippen LogP contribution in [-0.4, -0.2) is 53.2 Å². The van der Waals surface area contributed by atoms with Crippen LogP contribution in [0.2, 0.25) is 0 Å². The van der Waals surface area contributed by atoms with Crippen molar-refractivity contribution in [3.63, 3.8) is 0 Å². The molecule has 6 nitrogen and oxygen atoms in total. The molecular weight excluding hydrogens is 308 g/mol. The zero-order valence-corrected chi connectivity index (χ0v) is 14.4. The van der Waals surface area contributed by atoms with Crippen LogP contribution in [0.4, 0.5) is 10.5 Å². The van der Waals surface area contributed by atoms with E-state index in [1.54, 1.807) is 17.0 Å². The Morgan fingerprint density at radius 2 is 2.00 bits per heavy atom. The first-order chi connectivity index (χ1) is 11.2. The second kappa shape index (κ2) is 5.69. The van der Waals surface area contributed by atoms with Gasteiger partial charge in [-0.05, 0) is 45.7 Å². The Kier molecular flexibility index (Phi) is 3.94. The predicted octanol–water partition coefficient (Wildman–Crippen LogP) is 2.79. The van der Waals surface area contributed by atoms with Gasteiger partial charge < -0.3 is 19.6 Å². The summed E-state index contributed by atoms with van der Waals surface area (Å²) in [6.07, 6.45) is 2.38. The lowest BCUT2D eigenvalue weighted by Crippen LogP contribution is -2.57. The molecule has 0 radical (unpaired) electrons. The van der Waals surface area contributed by atoms with E-state index in [1.165, 1.54) is 0 Å². The minimum absolute atomic E-state index is 0.00660. The molecule has 3 rings (SSSR count). The molecule has 1 N–H and O–H groups in total. The summed E-state index contributed by atoms with van der Waals surface area (Å²) in [4.78, 5) is 27.2.